The van der Waals surface area contributed by atoms with Crippen molar-refractivity contribution in [2.45, 2.75) is 13.1 Å². The molecule has 3 aromatic carbocycles. The van der Waals surface area contributed by atoms with E-state index < -0.39 is 12.2 Å². The highest BCUT2D eigenvalue weighted by Crippen LogP contribution is 2.27. The highest BCUT2D eigenvalue weighted by molar-refractivity contribution is 6.31. The Morgan fingerprint density at radius 3 is 2.52 bits per heavy atom. The first-order chi connectivity index (χ1) is 14.9. The number of amides is 3. The molecule has 0 aliphatic carbocycles. The second-order valence-corrected chi connectivity index (χ2v) is 7.65. The maximum Gasteiger partial charge on any atom is 0.321 e. The van der Waals surface area contributed by atoms with E-state index in [1.165, 1.54) is 4.90 Å². The van der Waals surface area contributed by atoms with Gasteiger partial charge in [0.05, 0.1) is 11.4 Å². The average Bonchev–Trinajstić information content (AvgIpc) is 2.88. The van der Waals surface area contributed by atoms with Gasteiger partial charge < -0.3 is 15.5 Å². The van der Waals surface area contributed by atoms with Crippen molar-refractivity contribution in [1.29, 1.82) is 0 Å². The van der Waals surface area contributed by atoms with Gasteiger partial charge in [0.1, 0.15) is 0 Å². The molecule has 0 saturated carbocycles. The van der Waals surface area contributed by atoms with Crippen LogP contribution in [0.15, 0.2) is 77.8 Å². The molecule has 31 heavy (non-hydrogen) atoms. The van der Waals surface area contributed by atoms with Gasteiger partial charge in [0.15, 0.2) is 0 Å². The Morgan fingerprint density at radius 2 is 1.74 bits per heavy atom. The van der Waals surface area contributed by atoms with Gasteiger partial charge in [0.2, 0.25) is 6.17 Å². The summed E-state index contributed by atoms with van der Waals surface area (Å²) in [5.74, 6) is -0.337. The third-order valence-electron chi connectivity index (χ3n) is 5.11. The van der Waals surface area contributed by atoms with E-state index in [9.17, 15) is 9.59 Å². The van der Waals surface area contributed by atoms with Crippen LogP contribution in [0.3, 0.4) is 0 Å². The molecule has 2 N–H and O–H groups in total. The molecule has 156 valence electrons. The number of nitrogens with zero attached hydrogens (tertiary/aromatic N) is 2. The quantitative estimate of drug-likeness (QED) is 0.634. The molecule has 4 rings (SSSR count). The number of nitrogens with one attached hydrogen (secondary N) is 2. The number of fused-ring (bicyclic) bond motifs is 1. The number of benzodiazepines with no additional fused rings is 1. The van der Waals surface area contributed by atoms with Gasteiger partial charge in [-0.05, 0) is 30.7 Å². The van der Waals surface area contributed by atoms with Crippen LogP contribution in [0.25, 0.3) is 0 Å². The number of carbonyl (C=O) groups excluding carboxylic acids is 2. The minimum atomic E-state index is -1.09. The number of rotatable bonds is 3. The van der Waals surface area contributed by atoms with Crippen molar-refractivity contribution in [3.05, 3.63) is 94.5 Å². The van der Waals surface area contributed by atoms with Crippen LogP contribution in [0, 0.1) is 6.92 Å². The maximum absolute atomic E-state index is 13.1. The second kappa shape index (κ2) is 8.62. The number of aliphatic imine (C=N–C) groups is 1. The van der Waals surface area contributed by atoms with Crippen LogP contribution in [0.2, 0.25) is 5.02 Å². The minimum absolute atomic E-state index is 0.337. The summed E-state index contributed by atoms with van der Waals surface area (Å²) in [5, 5.41) is 5.96. The number of hydrogen-bond acceptors (Lipinski definition) is 3. The number of benzene rings is 3. The molecular formula is C24H21ClN4O2. The Balaban J connectivity index is 1.69. The van der Waals surface area contributed by atoms with E-state index >= 15 is 0 Å². The molecule has 7 heteroatoms. The Bertz CT molecular complexity index is 1180. The molecule has 0 fully saturated rings. The average molecular weight is 433 g/mol. The van der Waals surface area contributed by atoms with Gasteiger partial charge in [0.25, 0.3) is 5.91 Å². The predicted molar refractivity (Wildman–Crippen MR) is 124 cm³/mol. The van der Waals surface area contributed by atoms with E-state index in [0.29, 0.717) is 16.4 Å². The number of urea groups is 1. The van der Waals surface area contributed by atoms with Crippen molar-refractivity contribution in [1.82, 2.24) is 5.32 Å². The summed E-state index contributed by atoms with van der Waals surface area (Å²) in [7, 11) is 1.68. The fourth-order valence-electron chi connectivity index (χ4n) is 3.45. The van der Waals surface area contributed by atoms with Crippen LogP contribution in [0.1, 0.15) is 16.7 Å². The molecule has 6 nitrogen and oxygen atoms in total. The fourth-order valence-corrected chi connectivity index (χ4v) is 3.63. The van der Waals surface area contributed by atoms with Crippen molar-refractivity contribution in [2.24, 2.45) is 4.99 Å². The highest BCUT2D eigenvalue weighted by atomic mass is 35.5. The third-order valence-corrected chi connectivity index (χ3v) is 5.34. The molecular weight excluding hydrogens is 412 g/mol. The Morgan fingerprint density at radius 1 is 1.03 bits per heavy atom. The van der Waals surface area contributed by atoms with Crippen LogP contribution in [-0.4, -0.2) is 30.9 Å². The van der Waals surface area contributed by atoms with E-state index in [0.717, 1.165) is 22.4 Å². The standard InChI is InChI=1S/C24H21ClN4O2/c1-15-12-13-17(25)14-19(15)26-24(31)28-22-23(30)29(2)20-11-7-6-10-18(20)21(27-22)16-8-4-3-5-9-16/h3-14,22H,1-2H3,(H2,26,28,31). The molecule has 1 atom stereocenters. The number of halogens is 1. The molecule has 1 heterocycles. The van der Waals surface area contributed by atoms with Crippen molar-refractivity contribution in [3.8, 4) is 0 Å². The highest BCUT2D eigenvalue weighted by Gasteiger charge is 2.31. The van der Waals surface area contributed by atoms with E-state index in [2.05, 4.69) is 15.6 Å². The first kappa shape index (κ1) is 20.6. The molecule has 3 aromatic rings. The summed E-state index contributed by atoms with van der Waals surface area (Å²) in [6, 6.07) is 21.8. The lowest BCUT2D eigenvalue weighted by Gasteiger charge is -2.21. The number of anilines is 2. The zero-order chi connectivity index (χ0) is 22.0. The first-order valence-corrected chi connectivity index (χ1v) is 10.2. The van der Waals surface area contributed by atoms with Gasteiger partial charge in [-0.25, -0.2) is 9.79 Å². The van der Waals surface area contributed by atoms with Crippen LogP contribution >= 0.6 is 11.6 Å². The largest absolute Gasteiger partial charge is 0.321 e. The van der Waals surface area contributed by atoms with Crippen LogP contribution < -0.4 is 15.5 Å². The predicted octanol–water partition coefficient (Wildman–Crippen LogP) is 4.61. The molecule has 0 saturated heterocycles. The lowest BCUT2D eigenvalue weighted by molar-refractivity contribution is -0.119. The molecule has 0 aromatic heterocycles. The Kier molecular flexibility index (Phi) is 5.73. The Hall–Kier alpha value is -3.64. The van der Waals surface area contributed by atoms with Gasteiger partial charge >= 0.3 is 6.03 Å². The molecule has 0 bridgehead atoms. The number of aryl methyl sites for hydroxylation is 1. The van der Waals surface area contributed by atoms with Crippen LogP contribution in [0.5, 0.6) is 0 Å². The first-order valence-electron chi connectivity index (χ1n) is 9.78. The molecule has 3 amide bonds. The van der Waals surface area contributed by atoms with E-state index in [1.807, 2.05) is 67.6 Å². The monoisotopic (exact) mass is 432 g/mol. The smallest absolute Gasteiger partial charge is 0.311 e. The van der Waals surface area contributed by atoms with E-state index in [4.69, 9.17) is 11.6 Å². The number of para-hydroxylation sites is 1. The SMILES string of the molecule is Cc1ccc(Cl)cc1NC(=O)NC1N=C(c2ccccc2)c2ccccc2N(C)C1=O. The molecule has 0 radical (unpaired) electrons. The summed E-state index contributed by atoms with van der Waals surface area (Å²) in [5.41, 5.74) is 4.46. The molecule has 1 aliphatic rings. The van der Waals surface area contributed by atoms with Gasteiger partial charge in [0, 0.05) is 28.9 Å². The zero-order valence-electron chi connectivity index (χ0n) is 17.1. The fraction of sp³-hybridized carbons (Fsp3) is 0.125. The lowest BCUT2D eigenvalue weighted by atomic mass is 10.0. The lowest BCUT2D eigenvalue weighted by Crippen LogP contribution is -2.47. The van der Waals surface area contributed by atoms with Crippen molar-refractivity contribution < 1.29 is 9.59 Å². The third kappa shape index (κ3) is 4.29. The van der Waals surface area contributed by atoms with Crippen molar-refractivity contribution >= 4 is 40.6 Å². The second-order valence-electron chi connectivity index (χ2n) is 7.22. The van der Waals surface area contributed by atoms with Crippen LogP contribution in [-0.2, 0) is 4.79 Å². The van der Waals surface area contributed by atoms with Gasteiger partial charge in [-0.2, -0.15) is 0 Å². The van der Waals surface area contributed by atoms with Crippen LogP contribution in [0.4, 0.5) is 16.2 Å². The molecule has 1 unspecified atom stereocenters. The minimum Gasteiger partial charge on any atom is -0.311 e. The zero-order valence-corrected chi connectivity index (χ0v) is 17.9. The number of hydrogen-bond donors (Lipinski definition) is 2. The van der Waals surface area contributed by atoms with Crippen molar-refractivity contribution in [2.75, 3.05) is 17.3 Å². The van der Waals surface area contributed by atoms with Gasteiger partial charge in [-0.1, -0.05) is 66.2 Å². The topological polar surface area (TPSA) is 73.8 Å². The number of likely N-dealkylation sites (N-methyl/N-ethyl adjacent to an activating group) is 1. The summed E-state index contributed by atoms with van der Waals surface area (Å²) in [6.45, 7) is 1.86. The van der Waals surface area contributed by atoms with Gasteiger partial charge in [-0.3, -0.25) is 4.79 Å². The molecule has 1 aliphatic heterocycles. The summed E-state index contributed by atoms with van der Waals surface area (Å²) < 4.78 is 0. The summed E-state index contributed by atoms with van der Waals surface area (Å²) in [6.07, 6.45) is -1.09. The molecule has 0 spiro atoms. The van der Waals surface area contributed by atoms with Gasteiger partial charge in [-0.15, -0.1) is 0 Å². The summed E-state index contributed by atoms with van der Waals surface area (Å²) in [4.78, 5) is 32.1. The number of carbonyl (C=O) groups is 2. The normalized spacial score (nSPS) is 15.6. The van der Waals surface area contributed by atoms with Crippen molar-refractivity contribution in [3.63, 3.8) is 0 Å². The van der Waals surface area contributed by atoms with E-state index in [-0.39, 0.29) is 5.91 Å². The van der Waals surface area contributed by atoms with E-state index in [1.54, 1.807) is 19.2 Å². The summed E-state index contributed by atoms with van der Waals surface area (Å²) >= 11 is 6.04. The Labute approximate surface area is 185 Å². The maximum atomic E-state index is 13.1.